The summed E-state index contributed by atoms with van der Waals surface area (Å²) >= 11 is 0. The maximum Gasteiger partial charge on any atom is 0.264 e. The van der Waals surface area contributed by atoms with Gasteiger partial charge in [-0.3, -0.25) is 0 Å². The lowest BCUT2D eigenvalue weighted by Gasteiger charge is -2.09. The van der Waals surface area contributed by atoms with Gasteiger partial charge in [0, 0.05) is 6.54 Å². The van der Waals surface area contributed by atoms with Gasteiger partial charge in [-0.1, -0.05) is 12.1 Å². The zero-order valence-electron chi connectivity index (χ0n) is 11.9. The largest absolute Gasteiger partial charge is 0.478 e. The minimum absolute atomic E-state index is 0.167. The number of rotatable bonds is 7. The molecule has 0 unspecified atom stereocenters. The van der Waals surface area contributed by atoms with E-state index >= 15 is 0 Å². The van der Waals surface area contributed by atoms with Crippen LogP contribution in [0.3, 0.4) is 0 Å². The number of nitrogens with one attached hydrogen (secondary N) is 1. The van der Waals surface area contributed by atoms with Crippen molar-refractivity contribution in [3.8, 4) is 5.75 Å². The average molecular weight is 297 g/mol. The second kappa shape index (κ2) is 7.12. The van der Waals surface area contributed by atoms with Gasteiger partial charge >= 0.3 is 0 Å². The number of hydrogen-bond donors (Lipinski definition) is 1. The molecule has 1 aromatic heterocycles. The molecule has 1 N–H and O–H groups in total. The van der Waals surface area contributed by atoms with Crippen molar-refractivity contribution in [1.29, 1.82) is 0 Å². The van der Waals surface area contributed by atoms with Gasteiger partial charge in [0.25, 0.3) is 5.89 Å². The summed E-state index contributed by atoms with van der Waals surface area (Å²) in [5.41, 5.74) is 0.527. The summed E-state index contributed by atoms with van der Waals surface area (Å²) in [7, 11) is 0. The minimum atomic E-state index is -0.750. The van der Waals surface area contributed by atoms with Crippen LogP contribution in [0, 0.1) is 18.6 Å². The lowest BCUT2D eigenvalue weighted by molar-refractivity contribution is 0.224. The summed E-state index contributed by atoms with van der Waals surface area (Å²) in [6, 6.07) is 2.50. The van der Waals surface area contributed by atoms with Crippen LogP contribution < -0.4 is 10.1 Å². The summed E-state index contributed by atoms with van der Waals surface area (Å²) in [5.74, 6) is -1.34. The summed E-state index contributed by atoms with van der Waals surface area (Å²) in [6.07, 6.45) is 0.954. The summed E-state index contributed by atoms with van der Waals surface area (Å²) in [4.78, 5) is 3.89. The van der Waals surface area contributed by atoms with Gasteiger partial charge in [-0.05, 0) is 37.6 Å². The molecule has 2 aromatic rings. The molecule has 0 aliphatic heterocycles. The maximum atomic E-state index is 13.9. The van der Waals surface area contributed by atoms with Gasteiger partial charge in [-0.25, -0.2) is 8.78 Å². The topological polar surface area (TPSA) is 60.2 Å². The molecular formula is C14H17F2N3O2. The number of hydrogen-bond acceptors (Lipinski definition) is 5. The van der Waals surface area contributed by atoms with E-state index < -0.39 is 17.4 Å². The highest BCUT2D eigenvalue weighted by molar-refractivity contribution is 5.31. The smallest absolute Gasteiger partial charge is 0.264 e. The van der Waals surface area contributed by atoms with Crippen LogP contribution in [0.25, 0.3) is 0 Å². The van der Waals surface area contributed by atoms with Crippen LogP contribution in [0.1, 0.15) is 30.6 Å². The fourth-order valence-electron chi connectivity index (χ4n) is 1.79. The van der Waals surface area contributed by atoms with E-state index in [1.165, 1.54) is 12.1 Å². The van der Waals surface area contributed by atoms with Gasteiger partial charge in [-0.2, -0.15) is 4.98 Å². The highest BCUT2D eigenvalue weighted by Gasteiger charge is 2.14. The zero-order chi connectivity index (χ0) is 15.2. The minimum Gasteiger partial charge on any atom is -0.478 e. The van der Waals surface area contributed by atoms with E-state index in [1.807, 2.05) is 6.92 Å². The Kier molecular flexibility index (Phi) is 5.21. The highest BCUT2D eigenvalue weighted by atomic mass is 19.1. The summed E-state index contributed by atoms with van der Waals surface area (Å²) < 4.78 is 37.6. The molecule has 0 bridgehead atoms. The molecule has 0 aliphatic rings. The van der Waals surface area contributed by atoms with Crippen LogP contribution in [0.2, 0.25) is 0 Å². The number of nitrogens with zero attached hydrogens (tertiary/aromatic N) is 2. The molecule has 21 heavy (non-hydrogen) atoms. The van der Waals surface area contributed by atoms with Crippen LogP contribution in [0.5, 0.6) is 5.75 Å². The van der Waals surface area contributed by atoms with Crippen molar-refractivity contribution in [3.05, 3.63) is 41.0 Å². The number of ether oxygens (including phenoxy) is 1. The molecule has 114 valence electrons. The van der Waals surface area contributed by atoms with E-state index in [-0.39, 0.29) is 12.5 Å². The molecule has 1 aromatic carbocycles. The Bertz CT molecular complexity index is 579. The van der Waals surface area contributed by atoms with Crippen LogP contribution in [-0.2, 0) is 13.2 Å². The fraction of sp³-hybridized carbons (Fsp3) is 0.429. The van der Waals surface area contributed by atoms with E-state index in [0.29, 0.717) is 17.9 Å². The van der Waals surface area contributed by atoms with E-state index in [4.69, 9.17) is 9.26 Å². The molecule has 1 heterocycles. The molecule has 5 nitrogen and oxygen atoms in total. The van der Waals surface area contributed by atoms with E-state index in [2.05, 4.69) is 15.5 Å². The molecule has 0 atom stereocenters. The monoisotopic (exact) mass is 297 g/mol. The van der Waals surface area contributed by atoms with Crippen molar-refractivity contribution in [2.75, 3.05) is 6.54 Å². The molecule has 0 saturated carbocycles. The first-order valence-corrected chi connectivity index (χ1v) is 6.70. The molecule has 0 amide bonds. The van der Waals surface area contributed by atoms with Gasteiger partial charge in [0.15, 0.2) is 29.8 Å². The van der Waals surface area contributed by atoms with Gasteiger partial charge < -0.3 is 14.6 Å². The molecule has 0 aliphatic carbocycles. The molecule has 2 rings (SSSR count). The first-order valence-electron chi connectivity index (χ1n) is 6.70. The fourth-order valence-corrected chi connectivity index (χ4v) is 1.79. The Morgan fingerprint density at radius 1 is 1.29 bits per heavy atom. The number of aryl methyl sites for hydroxylation is 1. The Balaban J connectivity index is 2.02. The normalized spacial score (nSPS) is 10.9. The van der Waals surface area contributed by atoms with Crippen molar-refractivity contribution in [3.63, 3.8) is 0 Å². The standard InChI is InChI=1S/C14H17F2N3O2/c1-3-4-17-7-10-5-11(15)14(12(16)6-10)20-8-13-18-9(2)19-21-13/h5-6,17H,3-4,7-8H2,1-2H3. The second-order valence-electron chi connectivity index (χ2n) is 4.59. The zero-order valence-corrected chi connectivity index (χ0v) is 11.9. The second-order valence-corrected chi connectivity index (χ2v) is 4.59. The SMILES string of the molecule is CCCNCc1cc(F)c(OCc2nc(C)no2)c(F)c1. The van der Waals surface area contributed by atoms with Crippen molar-refractivity contribution >= 4 is 0 Å². The van der Waals surface area contributed by atoms with Gasteiger partial charge in [0.2, 0.25) is 0 Å². The van der Waals surface area contributed by atoms with E-state index in [0.717, 1.165) is 13.0 Å². The maximum absolute atomic E-state index is 13.9. The summed E-state index contributed by atoms with van der Waals surface area (Å²) in [5, 5.41) is 6.65. The van der Waals surface area contributed by atoms with E-state index in [9.17, 15) is 8.78 Å². The van der Waals surface area contributed by atoms with Crippen molar-refractivity contribution in [2.45, 2.75) is 33.4 Å². The third-order valence-electron chi connectivity index (χ3n) is 2.72. The van der Waals surface area contributed by atoms with Crippen LogP contribution in [0.15, 0.2) is 16.7 Å². The van der Waals surface area contributed by atoms with Crippen molar-refractivity contribution in [1.82, 2.24) is 15.5 Å². The predicted molar refractivity (Wildman–Crippen MR) is 71.7 cm³/mol. The Morgan fingerprint density at radius 3 is 2.57 bits per heavy atom. The summed E-state index contributed by atoms with van der Waals surface area (Å²) in [6.45, 7) is 4.68. The van der Waals surface area contributed by atoms with Crippen LogP contribution >= 0.6 is 0 Å². The van der Waals surface area contributed by atoms with Gasteiger partial charge in [0.1, 0.15) is 0 Å². The molecule has 0 fully saturated rings. The molecule has 0 radical (unpaired) electrons. The number of aromatic nitrogens is 2. The molecule has 0 saturated heterocycles. The highest BCUT2D eigenvalue weighted by Crippen LogP contribution is 2.24. The third kappa shape index (κ3) is 4.22. The number of benzene rings is 1. The molecule has 7 heteroatoms. The lowest BCUT2D eigenvalue weighted by Crippen LogP contribution is -2.14. The first-order chi connectivity index (χ1) is 10.1. The number of halogens is 2. The average Bonchev–Trinajstić information content (AvgIpc) is 2.84. The van der Waals surface area contributed by atoms with Crippen LogP contribution in [0.4, 0.5) is 8.78 Å². The van der Waals surface area contributed by atoms with Crippen LogP contribution in [-0.4, -0.2) is 16.7 Å². The Morgan fingerprint density at radius 2 is 2.00 bits per heavy atom. The van der Waals surface area contributed by atoms with Crippen molar-refractivity contribution in [2.24, 2.45) is 0 Å². The lowest BCUT2D eigenvalue weighted by atomic mass is 10.2. The third-order valence-corrected chi connectivity index (χ3v) is 2.72. The quantitative estimate of drug-likeness (QED) is 0.796. The van der Waals surface area contributed by atoms with E-state index in [1.54, 1.807) is 6.92 Å². The first kappa shape index (κ1) is 15.4. The molecule has 0 spiro atoms. The Hall–Kier alpha value is -2.02. The van der Waals surface area contributed by atoms with Crippen molar-refractivity contribution < 1.29 is 18.0 Å². The predicted octanol–water partition coefficient (Wildman–Crippen LogP) is 2.73. The Labute approximate surface area is 121 Å². The molecular weight excluding hydrogens is 280 g/mol. The van der Waals surface area contributed by atoms with Gasteiger partial charge in [0.05, 0.1) is 0 Å². The van der Waals surface area contributed by atoms with Gasteiger partial charge in [-0.15, -0.1) is 0 Å².